The molecule has 0 unspecified atom stereocenters. The monoisotopic (exact) mass is 320 g/mol. The molecule has 6 heteroatoms. The first kappa shape index (κ1) is 14.4. The maximum absolute atomic E-state index is 11.6. The number of anilines is 1. The second kappa shape index (κ2) is 5.19. The third kappa shape index (κ3) is 1.93. The molecule has 0 radical (unpaired) electrons. The summed E-state index contributed by atoms with van der Waals surface area (Å²) in [5, 5.41) is 0.833. The lowest BCUT2D eigenvalue weighted by molar-refractivity contribution is 0.0601. The standard InChI is InChI=1S/C18H16N4O2/c1-10-7-8-22-15(10)13(14-16(19)20-9-21-17(14)22)11-3-5-12(6-4-11)18(23)24-2/h3-6,9H,1,7-8H2,2H3,(H2,19,20,21). The van der Waals surface area contributed by atoms with E-state index in [0.717, 1.165) is 46.4 Å². The number of allylic oxidation sites excluding steroid dienone is 1. The summed E-state index contributed by atoms with van der Waals surface area (Å²) in [6.07, 6.45) is 2.37. The molecule has 0 spiro atoms. The van der Waals surface area contributed by atoms with Crippen molar-refractivity contribution in [3.63, 3.8) is 0 Å². The van der Waals surface area contributed by atoms with E-state index in [1.807, 2.05) is 12.1 Å². The van der Waals surface area contributed by atoms with Crippen molar-refractivity contribution in [2.45, 2.75) is 13.0 Å². The summed E-state index contributed by atoms with van der Waals surface area (Å²) in [6, 6.07) is 7.27. The highest BCUT2D eigenvalue weighted by molar-refractivity contribution is 6.06. The fourth-order valence-corrected chi connectivity index (χ4v) is 3.32. The zero-order valence-corrected chi connectivity index (χ0v) is 13.2. The van der Waals surface area contributed by atoms with E-state index in [4.69, 9.17) is 10.5 Å². The van der Waals surface area contributed by atoms with Gasteiger partial charge in [-0.1, -0.05) is 18.7 Å². The Kier molecular flexibility index (Phi) is 3.13. The molecule has 0 aliphatic carbocycles. The van der Waals surface area contributed by atoms with Gasteiger partial charge >= 0.3 is 5.97 Å². The molecule has 24 heavy (non-hydrogen) atoms. The third-order valence-electron chi connectivity index (χ3n) is 4.44. The van der Waals surface area contributed by atoms with Crippen LogP contribution >= 0.6 is 0 Å². The number of hydrogen-bond acceptors (Lipinski definition) is 5. The maximum atomic E-state index is 11.6. The summed E-state index contributed by atoms with van der Waals surface area (Å²) in [7, 11) is 1.37. The van der Waals surface area contributed by atoms with E-state index in [-0.39, 0.29) is 5.97 Å². The van der Waals surface area contributed by atoms with Crippen molar-refractivity contribution in [1.29, 1.82) is 0 Å². The number of hydrogen-bond donors (Lipinski definition) is 1. The van der Waals surface area contributed by atoms with E-state index < -0.39 is 0 Å². The first-order valence-electron chi connectivity index (χ1n) is 7.61. The minimum absolute atomic E-state index is 0.360. The van der Waals surface area contributed by atoms with Crippen LogP contribution in [0, 0.1) is 0 Å². The van der Waals surface area contributed by atoms with Crippen LogP contribution in [-0.4, -0.2) is 27.6 Å². The Balaban J connectivity index is 1.98. The van der Waals surface area contributed by atoms with Gasteiger partial charge in [0, 0.05) is 12.1 Å². The van der Waals surface area contributed by atoms with Crippen LogP contribution in [0.3, 0.4) is 0 Å². The van der Waals surface area contributed by atoms with Crippen LogP contribution < -0.4 is 5.73 Å². The molecule has 1 aliphatic rings. The topological polar surface area (TPSA) is 83.0 Å². The lowest BCUT2D eigenvalue weighted by atomic mass is 9.98. The minimum atomic E-state index is -0.360. The molecule has 2 aromatic heterocycles. The molecule has 0 atom stereocenters. The number of nitrogens with zero attached hydrogens (tertiary/aromatic N) is 3. The molecule has 0 saturated carbocycles. The van der Waals surface area contributed by atoms with Gasteiger partial charge in [0.05, 0.1) is 23.8 Å². The molecule has 1 aromatic carbocycles. The molecule has 0 amide bonds. The normalized spacial score (nSPS) is 13.3. The number of methoxy groups -OCH3 is 1. The van der Waals surface area contributed by atoms with Crippen molar-refractivity contribution >= 4 is 28.4 Å². The summed E-state index contributed by atoms with van der Waals surface area (Å²) < 4.78 is 6.89. The van der Waals surface area contributed by atoms with Gasteiger partial charge in [-0.3, -0.25) is 0 Å². The van der Waals surface area contributed by atoms with Crippen LogP contribution in [0.2, 0.25) is 0 Å². The maximum Gasteiger partial charge on any atom is 0.337 e. The van der Waals surface area contributed by atoms with Crippen LogP contribution in [0.1, 0.15) is 22.5 Å². The molecule has 120 valence electrons. The largest absolute Gasteiger partial charge is 0.465 e. The zero-order chi connectivity index (χ0) is 16.8. The molecule has 3 heterocycles. The Hall–Kier alpha value is -3.15. The van der Waals surface area contributed by atoms with Crippen molar-refractivity contribution in [1.82, 2.24) is 14.5 Å². The van der Waals surface area contributed by atoms with Gasteiger partial charge in [-0.25, -0.2) is 14.8 Å². The molecule has 0 saturated heterocycles. The van der Waals surface area contributed by atoms with Crippen molar-refractivity contribution in [2.75, 3.05) is 12.8 Å². The number of nitrogens with two attached hydrogens (primary N) is 1. The van der Waals surface area contributed by atoms with Crippen LogP contribution in [0.25, 0.3) is 27.7 Å². The average Bonchev–Trinajstić information content (AvgIpc) is 3.14. The predicted octanol–water partition coefficient (Wildman–Crippen LogP) is 2.88. The summed E-state index contributed by atoms with van der Waals surface area (Å²) in [5.41, 5.74) is 11.5. The molecule has 2 N–H and O–H groups in total. The molecule has 3 aromatic rings. The number of benzene rings is 1. The number of rotatable bonds is 2. The average molecular weight is 320 g/mol. The molecule has 4 rings (SSSR count). The van der Waals surface area contributed by atoms with E-state index in [9.17, 15) is 4.79 Å². The number of carbonyl (C=O) groups is 1. The Morgan fingerprint density at radius 1 is 1.29 bits per heavy atom. The second-order valence-electron chi connectivity index (χ2n) is 5.76. The molecule has 0 bridgehead atoms. The summed E-state index contributed by atoms with van der Waals surface area (Å²) >= 11 is 0. The van der Waals surface area contributed by atoms with Gasteiger partial charge in [0.25, 0.3) is 0 Å². The molecule has 1 aliphatic heterocycles. The van der Waals surface area contributed by atoms with Gasteiger partial charge < -0.3 is 15.0 Å². The van der Waals surface area contributed by atoms with Gasteiger partial charge in [0.15, 0.2) is 0 Å². The Bertz CT molecular complexity index is 986. The van der Waals surface area contributed by atoms with Crippen LogP contribution in [-0.2, 0) is 11.3 Å². The summed E-state index contributed by atoms with van der Waals surface area (Å²) in [5.74, 6) is 0.0857. The van der Waals surface area contributed by atoms with E-state index in [1.54, 1.807) is 12.1 Å². The Labute approximate surface area is 138 Å². The number of ether oxygens (including phenoxy) is 1. The number of nitrogen functional groups attached to an aromatic ring is 1. The third-order valence-corrected chi connectivity index (χ3v) is 4.44. The highest BCUT2D eigenvalue weighted by atomic mass is 16.5. The highest BCUT2D eigenvalue weighted by Crippen LogP contribution is 2.43. The fraction of sp³-hybridized carbons (Fsp3) is 0.167. The van der Waals surface area contributed by atoms with Crippen LogP contribution in [0.15, 0.2) is 37.2 Å². The summed E-state index contributed by atoms with van der Waals surface area (Å²) in [6.45, 7) is 5.02. The zero-order valence-electron chi connectivity index (χ0n) is 13.2. The molecule has 6 nitrogen and oxygen atoms in total. The minimum Gasteiger partial charge on any atom is -0.465 e. The second-order valence-corrected chi connectivity index (χ2v) is 5.76. The molecular formula is C18H16N4O2. The number of fused-ring (bicyclic) bond motifs is 3. The molecule has 0 fully saturated rings. The summed E-state index contributed by atoms with van der Waals surface area (Å²) in [4.78, 5) is 20.2. The van der Waals surface area contributed by atoms with Crippen molar-refractivity contribution < 1.29 is 9.53 Å². The smallest absolute Gasteiger partial charge is 0.337 e. The van der Waals surface area contributed by atoms with E-state index >= 15 is 0 Å². The van der Waals surface area contributed by atoms with Gasteiger partial charge in [-0.05, 0) is 29.7 Å². The van der Waals surface area contributed by atoms with E-state index in [1.165, 1.54) is 13.4 Å². The van der Waals surface area contributed by atoms with Gasteiger partial charge in [-0.2, -0.15) is 0 Å². The first-order valence-corrected chi connectivity index (χ1v) is 7.61. The number of carbonyl (C=O) groups excluding carboxylic acids is 1. The first-order chi connectivity index (χ1) is 11.6. The quantitative estimate of drug-likeness (QED) is 0.734. The van der Waals surface area contributed by atoms with Crippen molar-refractivity contribution in [2.24, 2.45) is 0 Å². The van der Waals surface area contributed by atoms with Gasteiger partial charge in [-0.15, -0.1) is 0 Å². The molecular weight excluding hydrogens is 304 g/mol. The van der Waals surface area contributed by atoms with Crippen LogP contribution in [0.4, 0.5) is 5.82 Å². The van der Waals surface area contributed by atoms with Crippen molar-refractivity contribution in [3.05, 3.63) is 48.4 Å². The van der Waals surface area contributed by atoms with Gasteiger partial charge in [0.1, 0.15) is 17.8 Å². The van der Waals surface area contributed by atoms with Crippen LogP contribution in [0.5, 0.6) is 0 Å². The Morgan fingerprint density at radius 3 is 2.75 bits per heavy atom. The Morgan fingerprint density at radius 2 is 2.04 bits per heavy atom. The number of aromatic nitrogens is 3. The van der Waals surface area contributed by atoms with Gasteiger partial charge in [0.2, 0.25) is 0 Å². The SMILES string of the molecule is C=C1CCn2c1c(-c1ccc(C(=O)OC)cc1)c1c(N)ncnc12. The predicted molar refractivity (Wildman–Crippen MR) is 92.4 cm³/mol. The number of esters is 1. The lowest BCUT2D eigenvalue weighted by Gasteiger charge is -2.06. The van der Waals surface area contributed by atoms with E-state index in [2.05, 4.69) is 21.1 Å². The van der Waals surface area contributed by atoms with Crippen molar-refractivity contribution in [3.8, 4) is 11.1 Å². The fourth-order valence-electron chi connectivity index (χ4n) is 3.32. The lowest BCUT2D eigenvalue weighted by Crippen LogP contribution is -2.00. The van der Waals surface area contributed by atoms with E-state index in [0.29, 0.717) is 11.4 Å². The number of aryl methyl sites for hydroxylation is 1. The highest BCUT2D eigenvalue weighted by Gasteiger charge is 2.27.